The number of allylic oxidation sites excluding steroid dienone is 2. The summed E-state index contributed by atoms with van der Waals surface area (Å²) in [5, 5.41) is 14.8. The fourth-order valence-corrected chi connectivity index (χ4v) is 3.61. The number of methoxy groups -OCH3 is 1. The van der Waals surface area contributed by atoms with Crippen molar-refractivity contribution in [3.05, 3.63) is 40.0 Å². The van der Waals surface area contributed by atoms with E-state index in [1.54, 1.807) is 7.11 Å². The zero-order valence-corrected chi connectivity index (χ0v) is 12.5. The van der Waals surface area contributed by atoms with Gasteiger partial charge in [-0.15, -0.1) is 0 Å². The van der Waals surface area contributed by atoms with Crippen LogP contribution in [0.1, 0.15) is 31.7 Å². The minimum absolute atomic E-state index is 0.105. The normalized spacial score (nSPS) is 26.2. The van der Waals surface area contributed by atoms with Crippen LogP contribution < -0.4 is 10.1 Å². The van der Waals surface area contributed by atoms with Crippen LogP contribution in [0.2, 0.25) is 0 Å². The molecule has 0 radical (unpaired) electrons. The van der Waals surface area contributed by atoms with E-state index in [1.807, 2.05) is 6.07 Å². The molecule has 0 saturated heterocycles. The molecule has 1 aromatic rings. The standard InChI is InChI=1S/C16H20N2O3/c1-9(2)15-12-6-4-5-11(12)13-7-10(21-3)8-14(18(19)20)16(13)17-15/h4-5,7-9,11-12,15,17H,6H2,1-3H3/t11-,12-,15+/m1/s1. The Morgan fingerprint density at radius 2 is 2.19 bits per heavy atom. The zero-order valence-electron chi connectivity index (χ0n) is 12.5. The van der Waals surface area contributed by atoms with Gasteiger partial charge in [0.05, 0.1) is 18.1 Å². The van der Waals surface area contributed by atoms with Crippen LogP contribution in [0.15, 0.2) is 24.3 Å². The molecule has 5 nitrogen and oxygen atoms in total. The summed E-state index contributed by atoms with van der Waals surface area (Å²) >= 11 is 0. The molecule has 1 heterocycles. The molecule has 0 fully saturated rings. The number of hydrogen-bond donors (Lipinski definition) is 1. The molecule has 3 atom stereocenters. The highest BCUT2D eigenvalue weighted by Crippen LogP contribution is 2.50. The summed E-state index contributed by atoms with van der Waals surface area (Å²) in [4.78, 5) is 11.1. The molecule has 0 aromatic heterocycles. The Balaban J connectivity index is 2.17. The van der Waals surface area contributed by atoms with Crippen molar-refractivity contribution in [1.29, 1.82) is 0 Å². The third kappa shape index (κ3) is 2.17. The van der Waals surface area contributed by atoms with Crippen LogP contribution in [0.5, 0.6) is 5.75 Å². The summed E-state index contributed by atoms with van der Waals surface area (Å²) in [5.74, 6) is 1.67. The van der Waals surface area contributed by atoms with Crippen molar-refractivity contribution >= 4 is 11.4 Å². The lowest BCUT2D eigenvalue weighted by atomic mass is 9.75. The largest absolute Gasteiger partial charge is 0.496 e. The van der Waals surface area contributed by atoms with E-state index in [9.17, 15) is 10.1 Å². The van der Waals surface area contributed by atoms with Gasteiger partial charge in [0.2, 0.25) is 0 Å². The van der Waals surface area contributed by atoms with Crippen molar-refractivity contribution < 1.29 is 9.66 Å². The second-order valence-electron chi connectivity index (χ2n) is 6.14. The Morgan fingerprint density at radius 3 is 2.81 bits per heavy atom. The van der Waals surface area contributed by atoms with E-state index in [0.29, 0.717) is 23.3 Å². The van der Waals surface area contributed by atoms with Gasteiger partial charge in [-0.2, -0.15) is 0 Å². The van der Waals surface area contributed by atoms with E-state index in [2.05, 4.69) is 31.3 Å². The second-order valence-corrected chi connectivity index (χ2v) is 6.14. The van der Waals surface area contributed by atoms with Gasteiger partial charge < -0.3 is 10.1 Å². The number of anilines is 1. The monoisotopic (exact) mass is 288 g/mol. The number of hydrogen-bond acceptors (Lipinski definition) is 4. The Hall–Kier alpha value is -2.04. The molecule has 0 unspecified atom stereocenters. The molecule has 112 valence electrons. The van der Waals surface area contributed by atoms with Crippen molar-refractivity contribution in [2.75, 3.05) is 12.4 Å². The summed E-state index contributed by atoms with van der Waals surface area (Å²) in [6.07, 6.45) is 5.39. The Labute approximate surface area is 124 Å². The molecular weight excluding hydrogens is 268 g/mol. The van der Waals surface area contributed by atoms with Gasteiger partial charge in [-0.05, 0) is 29.9 Å². The highest BCUT2D eigenvalue weighted by atomic mass is 16.6. The maximum Gasteiger partial charge on any atom is 0.296 e. The minimum Gasteiger partial charge on any atom is -0.496 e. The fraction of sp³-hybridized carbons (Fsp3) is 0.500. The third-order valence-corrected chi connectivity index (χ3v) is 4.62. The Morgan fingerprint density at radius 1 is 1.43 bits per heavy atom. The van der Waals surface area contributed by atoms with Crippen LogP contribution in [-0.2, 0) is 0 Å². The molecule has 1 aliphatic carbocycles. The lowest BCUT2D eigenvalue weighted by Gasteiger charge is -2.39. The van der Waals surface area contributed by atoms with Gasteiger partial charge >= 0.3 is 0 Å². The topological polar surface area (TPSA) is 64.4 Å². The predicted octanol–water partition coefficient (Wildman–Crippen LogP) is 3.71. The summed E-state index contributed by atoms with van der Waals surface area (Å²) in [7, 11) is 1.54. The third-order valence-electron chi connectivity index (χ3n) is 4.62. The van der Waals surface area contributed by atoms with E-state index < -0.39 is 0 Å². The van der Waals surface area contributed by atoms with Crippen molar-refractivity contribution in [2.45, 2.75) is 32.2 Å². The SMILES string of the molecule is COc1cc2c(c([N+](=O)[O-])c1)N[C@@H](C(C)C)[C@@H]1CC=C[C@@H]21. The average Bonchev–Trinajstić information content (AvgIpc) is 2.94. The molecule has 0 bridgehead atoms. The van der Waals surface area contributed by atoms with Crippen LogP contribution in [0.4, 0.5) is 11.4 Å². The lowest BCUT2D eigenvalue weighted by molar-refractivity contribution is -0.384. The van der Waals surface area contributed by atoms with E-state index in [0.717, 1.165) is 12.0 Å². The van der Waals surface area contributed by atoms with Gasteiger partial charge in [-0.3, -0.25) is 10.1 Å². The quantitative estimate of drug-likeness (QED) is 0.523. The van der Waals surface area contributed by atoms with Crippen LogP contribution in [0, 0.1) is 22.0 Å². The number of nitrogens with zero attached hydrogens (tertiary/aromatic N) is 1. The Bertz CT molecular complexity index is 610. The number of nitrogens with one attached hydrogen (secondary N) is 1. The number of rotatable bonds is 3. The van der Waals surface area contributed by atoms with Crippen LogP contribution in [0.25, 0.3) is 0 Å². The maximum atomic E-state index is 11.4. The maximum absolute atomic E-state index is 11.4. The first kappa shape index (κ1) is 13.9. The summed E-state index contributed by atoms with van der Waals surface area (Å²) in [6.45, 7) is 4.32. The van der Waals surface area contributed by atoms with Crippen LogP contribution in [-0.4, -0.2) is 18.1 Å². The van der Waals surface area contributed by atoms with E-state index in [1.165, 1.54) is 6.07 Å². The van der Waals surface area contributed by atoms with Crippen molar-refractivity contribution in [3.8, 4) is 5.75 Å². The number of ether oxygens (including phenoxy) is 1. The number of nitro benzene ring substituents is 1. The number of fused-ring (bicyclic) bond motifs is 3. The highest BCUT2D eigenvalue weighted by Gasteiger charge is 2.41. The van der Waals surface area contributed by atoms with Crippen molar-refractivity contribution in [2.24, 2.45) is 11.8 Å². The van der Waals surface area contributed by atoms with Crippen LogP contribution in [0.3, 0.4) is 0 Å². The lowest BCUT2D eigenvalue weighted by Crippen LogP contribution is -2.39. The molecule has 0 spiro atoms. The minimum atomic E-state index is -0.329. The summed E-state index contributed by atoms with van der Waals surface area (Å²) < 4.78 is 5.24. The van der Waals surface area contributed by atoms with Gasteiger partial charge in [0, 0.05) is 12.0 Å². The first-order valence-corrected chi connectivity index (χ1v) is 7.32. The van der Waals surface area contributed by atoms with Crippen molar-refractivity contribution in [3.63, 3.8) is 0 Å². The number of benzene rings is 1. The fourth-order valence-electron chi connectivity index (χ4n) is 3.61. The molecule has 1 N–H and O–H groups in total. The van der Waals surface area contributed by atoms with Gasteiger partial charge in [-0.25, -0.2) is 0 Å². The molecule has 1 aromatic carbocycles. The molecule has 5 heteroatoms. The van der Waals surface area contributed by atoms with Crippen LogP contribution >= 0.6 is 0 Å². The first-order valence-electron chi connectivity index (χ1n) is 7.32. The van der Waals surface area contributed by atoms with Gasteiger partial charge in [0.1, 0.15) is 11.4 Å². The van der Waals surface area contributed by atoms with Crippen molar-refractivity contribution in [1.82, 2.24) is 0 Å². The predicted molar refractivity (Wildman–Crippen MR) is 81.9 cm³/mol. The highest BCUT2D eigenvalue weighted by molar-refractivity contribution is 5.72. The van der Waals surface area contributed by atoms with E-state index in [4.69, 9.17) is 4.74 Å². The molecule has 0 amide bonds. The molecule has 3 rings (SSSR count). The molecule has 1 aliphatic heterocycles. The zero-order chi connectivity index (χ0) is 15.1. The first-order chi connectivity index (χ1) is 10.0. The molecule has 21 heavy (non-hydrogen) atoms. The number of nitro groups is 1. The van der Waals surface area contributed by atoms with Gasteiger partial charge in [0.15, 0.2) is 0 Å². The van der Waals surface area contributed by atoms with Gasteiger partial charge in [-0.1, -0.05) is 26.0 Å². The van der Waals surface area contributed by atoms with E-state index >= 15 is 0 Å². The van der Waals surface area contributed by atoms with Gasteiger partial charge in [0.25, 0.3) is 5.69 Å². The molecule has 2 aliphatic rings. The molecular formula is C16H20N2O3. The average molecular weight is 288 g/mol. The molecule has 0 saturated carbocycles. The smallest absolute Gasteiger partial charge is 0.296 e. The Kier molecular flexibility index (Phi) is 3.35. The van der Waals surface area contributed by atoms with E-state index in [-0.39, 0.29) is 22.6 Å². The summed E-state index contributed by atoms with van der Waals surface area (Å²) in [5.41, 5.74) is 1.75. The second kappa shape index (κ2) is 5.06. The summed E-state index contributed by atoms with van der Waals surface area (Å²) in [6, 6.07) is 3.69.